The molecule has 0 amide bonds. The highest BCUT2D eigenvalue weighted by atomic mass is 14.4. The van der Waals surface area contributed by atoms with Crippen molar-refractivity contribution in [3.63, 3.8) is 0 Å². The van der Waals surface area contributed by atoms with Crippen LogP contribution >= 0.6 is 0 Å². The fraction of sp³-hybridized carbons (Fsp3) is 0.0685. The second-order valence-corrected chi connectivity index (χ2v) is 21.5. The lowest BCUT2D eigenvalue weighted by Crippen LogP contribution is -1.95. The van der Waals surface area contributed by atoms with Crippen molar-refractivity contribution < 1.29 is 0 Å². The van der Waals surface area contributed by atoms with Crippen molar-refractivity contribution in [3.05, 3.63) is 216 Å². The summed E-state index contributed by atoms with van der Waals surface area (Å²) in [7, 11) is 0. The molecule has 0 heteroatoms. The first-order valence-corrected chi connectivity index (χ1v) is 26.0. The van der Waals surface area contributed by atoms with Crippen molar-refractivity contribution in [1.82, 2.24) is 0 Å². The van der Waals surface area contributed by atoms with Crippen molar-refractivity contribution in [1.29, 1.82) is 0 Å². The third kappa shape index (κ3) is 4.79. The summed E-state index contributed by atoms with van der Waals surface area (Å²) < 4.78 is 0. The molecule has 0 N–H and O–H groups in total. The van der Waals surface area contributed by atoms with Gasteiger partial charge in [0.05, 0.1) is 0 Å². The molecule has 338 valence electrons. The number of fused-ring (bicyclic) bond motifs is 15. The molecule has 0 aromatic heterocycles. The van der Waals surface area contributed by atoms with Crippen LogP contribution in [0, 0.1) is 34.6 Å². The molecule has 0 saturated heterocycles. The number of hydrogen-bond donors (Lipinski definition) is 0. The van der Waals surface area contributed by atoms with E-state index in [9.17, 15) is 0 Å². The fourth-order valence-corrected chi connectivity index (χ4v) is 14.7. The van der Waals surface area contributed by atoms with Crippen molar-refractivity contribution in [2.24, 2.45) is 0 Å². The Balaban J connectivity index is 1.03. The summed E-state index contributed by atoms with van der Waals surface area (Å²) in [5, 5.41) is 29.7. The number of rotatable bonds is 3. The number of aryl methyl sites for hydroxylation is 5. The van der Waals surface area contributed by atoms with Crippen LogP contribution in [0.3, 0.4) is 0 Å². The van der Waals surface area contributed by atoms with Gasteiger partial charge < -0.3 is 0 Å². The molecular formula is C73H46. The Morgan fingerprint density at radius 2 is 0.493 bits per heavy atom. The Hall–Kier alpha value is -8.84. The first-order valence-electron chi connectivity index (χ1n) is 26.0. The average molecular weight is 923 g/mol. The molecule has 0 radical (unpaired) electrons. The summed E-state index contributed by atoms with van der Waals surface area (Å²) in [6.45, 7) is 11.4. The van der Waals surface area contributed by atoms with Crippen LogP contribution in [0.15, 0.2) is 188 Å². The molecule has 0 heterocycles. The van der Waals surface area contributed by atoms with Gasteiger partial charge in [-0.3, -0.25) is 0 Å². The molecule has 0 aliphatic heterocycles. The zero-order valence-electron chi connectivity index (χ0n) is 41.4. The predicted octanol–water partition coefficient (Wildman–Crippen LogP) is 20.9. The number of benzene rings is 14. The average Bonchev–Trinajstić information content (AvgIpc) is 4.15. The van der Waals surface area contributed by atoms with E-state index in [0.717, 1.165) is 0 Å². The number of hydrogen-bond acceptors (Lipinski definition) is 0. The van der Waals surface area contributed by atoms with Crippen molar-refractivity contribution in [2.45, 2.75) is 34.6 Å². The van der Waals surface area contributed by atoms with Crippen LogP contribution < -0.4 is 0 Å². The first-order chi connectivity index (χ1) is 35.9. The highest BCUT2D eigenvalue weighted by molar-refractivity contribution is 6.51. The lowest BCUT2D eigenvalue weighted by atomic mass is 9.81. The van der Waals surface area contributed by atoms with Gasteiger partial charge in [-0.25, -0.2) is 0 Å². The largest absolute Gasteiger partial charge is 0.0620 e. The Kier molecular flexibility index (Phi) is 7.51. The standard InChI is InChI=1S/C73H46/c1-37-16-6-9-19-42(37)61-57-34-40(4)41(5)35-58(57)67-47-24-14-15-25-48(47)70-69-54-31-28-50-52-30-33-56-68-55(32-29-51(65(52)68)49-26-27-53(66(54)64(49)50)59(69)36-60(61)73(67)70)71-62(43-20-10-7-17-38(43)2)45-22-12-13-23-46(45)63(72(56)71)44-21-11-8-18-39(44)3/h6-36H,1-5H3. The third-order valence-corrected chi connectivity index (χ3v) is 17.9. The van der Waals surface area contributed by atoms with Crippen molar-refractivity contribution in [2.75, 3.05) is 0 Å². The van der Waals surface area contributed by atoms with Gasteiger partial charge in [0.15, 0.2) is 0 Å². The Labute approximate surface area is 422 Å². The minimum atomic E-state index is 1.29. The maximum atomic E-state index is 2.59. The first kappa shape index (κ1) is 39.8. The van der Waals surface area contributed by atoms with E-state index < -0.39 is 0 Å². The molecule has 16 aromatic carbocycles. The van der Waals surface area contributed by atoms with Gasteiger partial charge in [0.25, 0.3) is 0 Å². The van der Waals surface area contributed by atoms with Crippen LogP contribution in [0.25, 0.3) is 174 Å². The zero-order valence-corrected chi connectivity index (χ0v) is 41.4. The summed E-state index contributed by atoms with van der Waals surface area (Å²) in [5.41, 5.74) is 19.8. The molecule has 1 aliphatic carbocycles. The lowest BCUT2D eigenvalue weighted by molar-refractivity contribution is 1.37. The monoisotopic (exact) mass is 922 g/mol. The summed E-state index contributed by atoms with van der Waals surface area (Å²) in [6, 6.07) is 72.7. The van der Waals surface area contributed by atoms with E-state index in [1.807, 2.05) is 0 Å². The Morgan fingerprint density at radius 1 is 0.164 bits per heavy atom. The van der Waals surface area contributed by atoms with E-state index in [0.29, 0.717) is 0 Å². The van der Waals surface area contributed by atoms with Crippen LogP contribution in [0.2, 0.25) is 0 Å². The molecule has 1 aliphatic rings. The zero-order chi connectivity index (χ0) is 48.3. The quantitative estimate of drug-likeness (QED) is 0.122. The molecule has 0 atom stereocenters. The van der Waals surface area contributed by atoms with E-state index in [2.05, 4.69) is 223 Å². The predicted molar refractivity (Wildman–Crippen MR) is 317 cm³/mol. The molecular weight excluding hydrogens is 877 g/mol. The van der Waals surface area contributed by atoms with Crippen LogP contribution in [-0.4, -0.2) is 0 Å². The summed E-state index contributed by atoms with van der Waals surface area (Å²) >= 11 is 0. The smallest absolute Gasteiger partial charge is 0.000697 e. The van der Waals surface area contributed by atoms with Gasteiger partial charge in [-0.05, 0) is 243 Å². The van der Waals surface area contributed by atoms with Crippen molar-refractivity contribution >= 4 is 118 Å². The maximum absolute atomic E-state index is 2.59. The van der Waals surface area contributed by atoms with Gasteiger partial charge in [0.1, 0.15) is 0 Å². The fourth-order valence-electron chi connectivity index (χ4n) is 14.7. The molecule has 73 heavy (non-hydrogen) atoms. The molecule has 0 nitrogen and oxygen atoms in total. The molecule has 0 saturated carbocycles. The van der Waals surface area contributed by atoms with Gasteiger partial charge in [0.2, 0.25) is 0 Å². The van der Waals surface area contributed by atoms with E-state index in [-0.39, 0.29) is 0 Å². The van der Waals surface area contributed by atoms with Gasteiger partial charge in [-0.2, -0.15) is 0 Å². The van der Waals surface area contributed by atoms with Crippen LogP contribution in [0.5, 0.6) is 0 Å². The Morgan fingerprint density at radius 3 is 1.03 bits per heavy atom. The van der Waals surface area contributed by atoms with E-state index in [4.69, 9.17) is 0 Å². The van der Waals surface area contributed by atoms with Gasteiger partial charge in [-0.15, -0.1) is 0 Å². The van der Waals surface area contributed by atoms with Gasteiger partial charge in [0, 0.05) is 0 Å². The molecule has 17 rings (SSSR count). The van der Waals surface area contributed by atoms with Gasteiger partial charge >= 0.3 is 0 Å². The van der Waals surface area contributed by atoms with E-state index in [1.165, 1.54) is 202 Å². The van der Waals surface area contributed by atoms with E-state index >= 15 is 0 Å². The molecule has 0 bridgehead atoms. The SMILES string of the molecule is Cc1cc2c(-c3ccccc3C)c3cc4c5ccc6c7ccc8c9c(ccc(c%10ccc(c5c6%10)c4c4c5ccccc5c(c2cc1C)c34)c97)-c1c-8c(-c2ccccc2C)c2ccccc2c1-c1ccccc1C. The van der Waals surface area contributed by atoms with Crippen LogP contribution in [0.4, 0.5) is 0 Å². The maximum Gasteiger partial charge on any atom is -0.000697 e. The third-order valence-electron chi connectivity index (χ3n) is 17.9. The molecule has 0 spiro atoms. The topological polar surface area (TPSA) is 0 Å². The molecule has 0 unspecified atom stereocenters. The van der Waals surface area contributed by atoms with Gasteiger partial charge in [-0.1, -0.05) is 182 Å². The second-order valence-electron chi connectivity index (χ2n) is 21.5. The highest BCUT2D eigenvalue weighted by Gasteiger charge is 2.34. The minimum Gasteiger partial charge on any atom is -0.0620 e. The van der Waals surface area contributed by atoms with Crippen LogP contribution in [0.1, 0.15) is 27.8 Å². The summed E-state index contributed by atoms with van der Waals surface area (Å²) in [4.78, 5) is 0. The molecule has 0 fully saturated rings. The lowest BCUT2D eigenvalue weighted by Gasteiger charge is -2.22. The van der Waals surface area contributed by atoms with Crippen molar-refractivity contribution in [3.8, 4) is 55.6 Å². The van der Waals surface area contributed by atoms with Crippen LogP contribution in [-0.2, 0) is 0 Å². The normalized spacial score (nSPS) is 12.7. The molecule has 16 aromatic rings. The Bertz CT molecular complexity index is 5030. The highest BCUT2D eigenvalue weighted by Crippen LogP contribution is 2.61. The summed E-state index contributed by atoms with van der Waals surface area (Å²) in [6.07, 6.45) is 0. The summed E-state index contributed by atoms with van der Waals surface area (Å²) in [5.74, 6) is 0. The second kappa shape index (κ2) is 13.8. The minimum absolute atomic E-state index is 1.29. The van der Waals surface area contributed by atoms with E-state index in [1.54, 1.807) is 0 Å².